The van der Waals surface area contributed by atoms with Gasteiger partial charge in [0.1, 0.15) is 0 Å². The van der Waals surface area contributed by atoms with E-state index in [2.05, 4.69) is 9.88 Å². The molecule has 0 bridgehead atoms. The third-order valence-corrected chi connectivity index (χ3v) is 3.04. The van der Waals surface area contributed by atoms with Crippen molar-refractivity contribution in [2.45, 2.75) is 12.5 Å². The number of hydrogen-bond donors (Lipinski definition) is 2. The van der Waals surface area contributed by atoms with Crippen molar-refractivity contribution >= 4 is 11.3 Å². The highest BCUT2D eigenvalue weighted by Gasteiger charge is 2.12. The first-order chi connectivity index (χ1) is 6.67. The van der Waals surface area contributed by atoms with Gasteiger partial charge in [-0.2, -0.15) is 0 Å². The maximum atomic E-state index is 9.05. The zero-order chi connectivity index (χ0) is 10.6. The number of nitrogens with zero attached hydrogens (tertiary/aromatic N) is 2. The van der Waals surface area contributed by atoms with Crippen LogP contribution < -0.4 is 5.73 Å². The van der Waals surface area contributed by atoms with Crippen molar-refractivity contribution in [3.8, 4) is 0 Å². The van der Waals surface area contributed by atoms with Gasteiger partial charge in [0.25, 0.3) is 0 Å². The number of aromatic nitrogens is 1. The third kappa shape index (κ3) is 3.02. The van der Waals surface area contributed by atoms with Crippen LogP contribution in [0.5, 0.6) is 0 Å². The molecule has 1 rings (SSSR count). The van der Waals surface area contributed by atoms with Gasteiger partial charge < -0.3 is 15.7 Å². The predicted molar refractivity (Wildman–Crippen MR) is 58.4 cm³/mol. The number of nitrogens with two attached hydrogens (primary N) is 1. The molecule has 4 nitrogen and oxygen atoms in total. The van der Waals surface area contributed by atoms with Crippen molar-refractivity contribution in [1.29, 1.82) is 0 Å². The quantitative estimate of drug-likeness (QED) is 0.738. The van der Waals surface area contributed by atoms with Crippen molar-refractivity contribution in [3.05, 3.63) is 16.1 Å². The molecule has 0 aliphatic rings. The van der Waals surface area contributed by atoms with Crippen molar-refractivity contribution in [3.63, 3.8) is 0 Å². The lowest BCUT2D eigenvalue weighted by molar-refractivity contribution is 0.267. The molecule has 0 saturated carbocycles. The summed E-state index contributed by atoms with van der Waals surface area (Å²) >= 11 is 1.63. The van der Waals surface area contributed by atoms with E-state index in [1.54, 1.807) is 11.3 Å². The largest absolute Gasteiger partial charge is 0.396 e. The smallest absolute Gasteiger partial charge is 0.0994 e. The highest BCUT2D eigenvalue weighted by molar-refractivity contribution is 7.11. The third-order valence-electron chi connectivity index (χ3n) is 1.90. The normalized spacial score (nSPS) is 13.5. The van der Waals surface area contributed by atoms with E-state index in [0.29, 0.717) is 6.54 Å². The molecule has 0 aromatic carbocycles. The summed E-state index contributed by atoms with van der Waals surface area (Å²) in [6.45, 7) is 1.41. The minimum atomic E-state index is -0.00378. The summed E-state index contributed by atoms with van der Waals surface area (Å²) in [5.74, 6) is -0.00378. The highest BCUT2D eigenvalue weighted by atomic mass is 32.1. The standard InChI is InChI=1S/C9H17N3OS/c1-12(2)5-8-4-11-9(14-8)7(3-10)6-13/h4,7,13H,3,5-6,10H2,1-2H3. The fourth-order valence-electron chi connectivity index (χ4n) is 1.15. The van der Waals surface area contributed by atoms with Crippen molar-refractivity contribution < 1.29 is 5.11 Å². The van der Waals surface area contributed by atoms with Gasteiger partial charge in [-0.15, -0.1) is 11.3 Å². The first-order valence-electron chi connectivity index (χ1n) is 4.57. The van der Waals surface area contributed by atoms with Crippen LogP contribution in [0, 0.1) is 0 Å². The summed E-state index contributed by atoms with van der Waals surface area (Å²) in [6.07, 6.45) is 1.86. The monoisotopic (exact) mass is 215 g/mol. The SMILES string of the molecule is CN(C)Cc1cnc(C(CN)CO)s1. The minimum Gasteiger partial charge on any atom is -0.396 e. The Kier molecular flexibility index (Phi) is 4.47. The second kappa shape index (κ2) is 5.41. The van der Waals surface area contributed by atoms with Crippen LogP contribution in [0.2, 0.25) is 0 Å². The van der Waals surface area contributed by atoms with Gasteiger partial charge in [-0.05, 0) is 14.1 Å². The molecule has 1 heterocycles. The van der Waals surface area contributed by atoms with E-state index in [0.717, 1.165) is 11.6 Å². The van der Waals surface area contributed by atoms with Gasteiger partial charge in [-0.1, -0.05) is 0 Å². The Morgan fingerprint density at radius 2 is 2.36 bits per heavy atom. The second-order valence-corrected chi connectivity index (χ2v) is 4.66. The van der Waals surface area contributed by atoms with Gasteiger partial charge in [0.2, 0.25) is 0 Å². The molecule has 0 amide bonds. The van der Waals surface area contributed by atoms with Crippen molar-refractivity contribution in [2.24, 2.45) is 5.73 Å². The maximum Gasteiger partial charge on any atom is 0.0994 e. The average Bonchev–Trinajstić information content (AvgIpc) is 2.54. The topological polar surface area (TPSA) is 62.4 Å². The van der Waals surface area contributed by atoms with Gasteiger partial charge in [0, 0.05) is 30.1 Å². The Labute approximate surface area is 88.4 Å². The van der Waals surface area contributed by atoms with E-state index < -0.39 is 0 Å². The van der Waals surface area contributed by atoms with Crippen LogP contribution in [-0.2, 0) is 6.54 Å². The molecule has 14 heavy (non-hydrogen) atoms. The molecular weight excluding hydrogens is 198 g/mol. The number of thiazole rings is 1. The molecule has 0 spiro atoms. The first-order valence-corrected chi connectivity index (χ1v) is 5.39. The van der Waals surface area contributed by atoms with Crippen LogP contribution in [0.15, 0.2) is 6.20 Å². The molecule has 0 saturated heterocycles. The predicted octanol–water partition coefficient (Wildman–Crippen LogP) is 0.239. The molecule has 0 fully saturated rings. The summed E-state index contributed by atoms with van der Waals surface area (Å²) in [5.41, 5.74) is 5.52. The van der Waals surface area contributed by atoms with Gasteiger partial charge in [-0.25, -0.2) is 4.98 Å². The van der Waals surface area contributed by atoms with Gasteiger partial charge in [0.15, 0.2) is 0 Å². The molecule has 1 atom stereocenters. The van der Waals surface area contributed by atoms with Crippen LogP contribution in [0.4, 0.5) is 0 Å². The van der Waals surface area contributed by atoms with Crippen LogP contribution in [0.25, 0.3) is 0 Å². The van der Waals surface area contributed by atoms with Gasteiger partial charge in [-0.3, -0.25) is 0 Å². The lowest BCUT2D eigenvalue weighted by Crippen LogP contribution is -2.15. The Morgan fingerprint density at radius 1 is 1.64 bits per heavy atom. The molecule has 0 aliphatic heterocycles. The number of aliphatic hydroxyl groups excluding tert-OH is 1. The molecule has 3 N–H and O–H groups in total. The van der Waals surface area contributed by atoms with Crippen LogP contribution in [0.1, 0.15) is 15.8 Å². The van der Waals surface area contributed by atoms with E-state index in [4.69, 9.17) is 10.8 Å². The van der Waals surface area contributed by atoms with Crippen molar-refractivity contribution in [1.82, 2.24) is 9.88 Å². The number of hydrogen-bond acceptors (Lipinski definition) is 5. The zero-order valence-corrected chi connectivity index (χ0v) is 9.42. The molecule has 1 aromatic rings. The molecule has 0 aliphatic carbocycles. The Bertz CT molecular complexity index is 271. The van der Waals surface area contributed by atoms with Crippen LogP contribution in [0.3, 0.4) is 0 Å². The molecule has 80 valence electrons. The van der Waals surface area contributed by atoms with E-state index in [-0.39, 0.29) is 12.5 Å². The minimum absolute atomic E-state index is 0.00378. The molecule has 1 unspecified atom stereocenters. The Hall–Kier alpha value is -0.490. The summed E-state index contributed by atoms with van der Waals surface area (Å²) in [5, 5.41) is 9.98. The molecule has 0 radical (unpaired) electrons. The highest BCUT2D eigenvalue weighted by Crippen LogP contribution is 2.21. The van der Waals surface area contributed by atoms with E-state index >= 15 is 0 Å². The van der Waals surface area contributed by atoms with Crippen molar-refractivity contribution in [2.75, 3.05) is 27.2 Å². The Balaban J connectivity index is 2.66. The van der Waals surface area contributed by atoms with Gasteiger partial charge in [0.05, 0.1) is 11.6 Å². The molecular formula is C9H17N3OS. The average molecular weight is 215 g/mol. The fourth-order valence-corrected chi connectivity index (χ4v) is 2.29. The first kappa shape index (κ1) is 11.6. The van der Waals surface area contributed by atoms with E-state index in [1.165, 1.54) is 4.88 Å². The molecule has 5 heteroatoms. The lowest BCUT2D eigenvalue weighted by Gasteiger charge is -2.07. The van der Waals surface area contributed by atoms with Gasteiger partial charge >= 0.3 is 0 Å². The number of aliphatic hydroxyl groups is 1. The maximum absolute atomic E-state index is 9.05. The lowest BCUT2D eigenvalue weighted by atomic mass is 10.2. The molecule has 1 aromatic heterocycles. The van der Waals surface area contributed by atoms with Crippen LogP contribution >= 0.6 is 11.3 Å². The van der Waals surface area contributed by atoms with E-state index in [9.17, 15) is 0 Å². The Morgan fingerprint density at radius 3 is 2.86 bits per heavy atom. The zero-order valence-electron chi connectivity index (χ0n) is 8.60. The summed E-state index contributed by atoms with van der Waals surface area (Å²) < 4.78 is 0. The summed E-state index contributed by atoms with van der Waals surface area (Å²) in [4.78, 5) is 7.56. The van der Waals surface area contributed by atoms with Crippen LogP contribution in [-0.4, -0.2) is 42.2 Å². The summed E-state index contributed by atoms with van der Waals surface area (Å²) in [7, 11) is 4.04. The number of rotatable bonds is 5. The summed E-state index contributed by atoms with van der Waals surface area (Å²) in [6, 6.07) is 0. The fraction of sp³-hybridized carbons (Fsp3) is 0.667. The van der Waals surface area contributed by atoms with E-state index in [1.807, 2.05) is 20.3 Å². The second-order valence-electron chi connectivity index (χ2n) is 3.52.